The van der Waals surface area contributed by atoms with E-state index in [-0.39, 0.29) is 10.6 Å². The van der Waals surface area contributed by atoms with E-state index in [1.165, 1.54) is 6.07 Å². The summed E-state index contributed by atoms with van der Waals surface area (Å²) in [6, 6.07) is 14.2. The Bertz CT molecular complexity index is 655. The summed E-state index contributed by atoms with van der Waals surface area (Å²) in [5.41, 5.74) is 3.57. The first kappa shape index (κ1) is 12.8. The fourth-order valence-corrected chi connectivity index (χ4v) is 1.99. The Morgan fingerprint density at radius 2 is 1.89 bits per heavy atom. The van der Waals surface area contributed by atoms with Gasteiger partial charge in [0.25, 0.3) is 5.69 Å². The SMILES string of the molecule is CCc1cc([N+](=O)[O-])ccc1-c1ccc(C#N)cc1. The molecule has 4 heteroatoms. The summed E-state index contributed by atoms with van der Waals surface area (Å²) in [4.78, 5) is 10.4. The Balaban J connectivity index is 2.49. The highest BCUT2D eigenvalue weighted by Crippen LogP contribution is 2.28. The summed E-state index contributed by atoms with van der Waals surface area (Å²) < 4.78 is 0. The summed E-state index contributed by atoms with van der Waals surface area (Å²) in [6.07, 6.45) is 0.719. The van der Waals surface area contributed by atoms with Crippen molar-refractivity contribution in [3.05, 3.63) is 63.7 Å². The van der Waals surface area contributed by atoms with Gasteiger partial charge in [0.1, 0.15) is 0 Å². The van der Waals surface area contributed by atoms with Gasteiger partial charge in [0.2, 0.25) is 0 Å². The summed E-state index contributed by atoms with van der Waals surface area (Å²) in [5.74, 6) is 0. The first-order valence-electron chi connectivity index (χ1n) is 5.93. The van der Waals surface area contributed by atoms with Gasteiger partial charge in [-0.15, -0.1) is 0 Å². The molecule has 4 nitrogen and oxygen atoms in total. The van der Waals surface area contributed by atoms with E-state index in [4.69, 9.17) is 5.26 Å². The molecule has 2 aromatic carbocycles. The van der Waals surface area contributed by atoms with Gasteiger partial charge >= 0.3 is 0 Å². The molecular weight excluding hydrogens is 240 g/mol. The number of hydrogen-bond acceptors (Lipinski definition) is 3. The van der Waals surface area contributed by atoms with E-state index < -0.39 is 0 Å². The molecule has 2 aromatic rings. The van der Waals surface area contributed by atoms with Gasteiger partial charge in [-0.3, -0.25) is 10.1 Å². The Labute approximate surface area is 111 Å². The molecular formula is C15H12N2O2. The second kappa shape index (κ2) is 5.32. The molecule has 0 aromatic heterocycles. The zero-order valence-electron chi connectivity index (χ0n) is 10.5. The van der Waals surface area contributed by atoms with Crippen LogP contribution in [0.4, 0.5) is 5.69 Å². The van der Waals surface area contributed by atoms with Crippen LogP contribution in [-0.2, 0) is 6.42 Å². The minimum atomic E-state index is -0.387. The molecule has 0 bridgehead atoms. The number of hydrogen-bond donors (Lipinski definition) is 0. The third-order valence-electron chi connectivity index (χ3n) is 3.01. The molecule has 2 rings (SSSR count). The lowest BCUT2D eigenvalue weighted by molar-refractivity contribution is -0.384. The van der Waals surface area contributed by atoms with Crippen LogP contribution in [0.1, 0.15) is 18.1 Å². The van der Waals surface area contributed by atoms with E-state index in [0.29, 0.717) is 5.56 Å². The fourth-order valence-electron chi connectivity index (χ4n) is 1.99. The van der Waals surface area contributed by atoms with Gasteiger partial charge in [-0.25, -0.2) is 0 Å². The van der Waals surface area contributed by atoms with E-state index in [2.05, 4.69) is 6.07 Å². The molecule has 0 spiro atoms. The van der Waals surface area contributed by atoms with Crippen LogP contribution < -0.4 is 0 Å². The summed E-state index contributed by atoms with van der Waals surface area (Å²) in [5, 5.41) is 19.5. The van der Waals surface area contributed by atoms with E-state index in [1.54, 1.807) is 24.3 Å². The van der Waals surface area contributed by atoms with Crippen molar-refractivity contribution in [1.82, 2.24) is 0 Å². The molecule has 0 atom stereocenters. The van der Waals surface area contributed by atoms with Crippen molar-refractivity contribution in [2.24, 2.45) is 0 Å². The van der Waals surface area contributed by atoms with Crippen LogP contribution in [0.15, 0.2) is 42.5 Å². The third kappa shape index (κ3) is 2.61. The lowest BCUT2D eigenvalue weighted by atomic mass is 9.97. The van der Waals surface area contributed by atoms with Crippen LogP contribution in [0.2, 0.25) is 0 Å². The Kier molecular flexibility index (Phi) is 3.58. The highest BCUT2D eigenvalue weighted by molar-refractivity contribution is 5.69. The topological polar surface area (TPSA) is 66.9 Å². The standard InChI is InChI=1S/C15H12N2O2/c1-2-12-9-14(17(18)19)7-8-15(12)13-5-3-11(10-16)4-6-13/h3-9H,2H2,1H3. The van der Waals surface area contributed by atoms with Gasteiger partial charge in [0, 0.05) is 12.1 Å². The molecule has 0 radical (unpaired) electrons. The Hall–Kier alpha value is -2.67. The molecule has 0 saturated carbocycles. The molecule has 0 fully saturated rings. The summed E-state index contributed by atoms with van der Waals surface area (Å²) in [7, 11) is 0. The number of benzene rings is 2. The fraction of sp³-hybridized carbons (Fsp3) is 0.133. The van der Waals surface area contributed by atoms with Crippen molar-refractivity contribution < 1.29 is 4.92 Å². The molecule has 19 heavy (non-hydrogen) atoms. The summed E-state index contributed by atoms with van der Waals surface area (Å²) >= 11 is 0. The first-order chi connectivity index (χ1) is 9.15. The quantitative estimate of drug-likeness (QED) is 0.618. The normalized spacial score (nSPS) is 9.89. The highest BCUT2D eigenvalue weighted by Gasteiger charge is 2.10. The van der Waals surface area contributed by atoms with E-state index in [9.17, 15) is 10.1 Å². The molecule has 0 saturated heterocycles. The van der Waals surface area contributed by atoms with Crippen molar-refractivity contribution in [2.45, 2.75) is 13.3 Å². The number of nitro benzene ring substituents is 1. The maximum Gasteiger partial charge on any atom is 0.269 e. The number of nitrogens with zero attached hydrogens (tertiary/aromatic N) is 2. The van der Waals surface area contributed by atoms with Crippen molar-refractivity contribution in [1.29, 1.82) is 5.26 Å². The molecule has 0 aliphatic carbocycles. The second-order valence-corrected chi connectivity index (χ2v) is 4.14. The maximum absolute atomic E-state index is 10.8. The van der Waals surface area contributed by atoms with Crippen LogP contribution in [0.3, 0.4) is 0 Å². The number of non-ortho nitro benzene ring substituents is 1. The smallest absolute Gasteiger partial charge is 0.258 e. The minimum Gasteiger partial charge on any atom is -0.258 e. The third-order valence-corrected chi connectivity index (χ3v) is 3.01. The van der Waals surface area contributed by atoms with Crippen molar-refractivity contribution in [3.63, 3.8) is 0 Å². The van der Waals surface area contributed by atoms with Crippen LogP contribution in [0.25, 0.3) is 11.1 Å². The highest BCUT2D eigenvalue weighted by atomic mass is 16.6. The zero-order chi connectivity index (χ0) is 13.8. The average Bonchev–Trinajstić information content (AvgIpc) is 2.46. The van der Waals surface area contributed by atoms with Gasteiger partial charge in [-0.05, 0) is 41.3 Å². The largest absolute Gasteiger partial charge is 0.269 e. The molecule has 0 aliphatic rings. The molecule has 94 valence electrons. The maximum atomic E-state index is 10.8. The van der Waals surface area contributed by atoms with Crippen molar-refractivity contribution >= 4 is 5.69 Å². The van der Waals surface area contributed by atoms with E-state index >= 15 is 0 Å². The van der Waals surface area contributed by atoms with Crippen LogP contribution in [0, 0.1) is 21.4 Å². The van der Waals surface area contributed by atoms with E-state index in [0.717, 1.165) is 23.1 Å². The predicted octanol–water partition coefficient (Wildman–Crippen LogP) is 3.70. The van der Waals surface area contributed by atoms with Crippen molar-refractivity contribution in [3.8, 4) is 17.2 Å². The van der Waals surface area contributed by atoms with Crippen LogP contribution >= 0.6 is 0 Å². The molecule has 0 N–H and O–H groups in total. The first-order valence-corrected chi connectivity index (χ1v) is 5.93. The number of nitriles is 1. The minimum absolute atomic E-state index is 0.106. The number of rotatable bonds is 3. The van der Waals surface area contributed by atoms with Gasteiger partial charge < -0.3 is 0 Å². The second-order valence-electron chi connectivity index (χ2n) is 4.14. The number of aryl methyl sites for hydroxylation is 1. The van der Waals surface area contributed by atoms with E-state index in [1.807, 2.05) is 19.1 Å². The lowest BCUT2D eigenvalue weighted by Crippen LogP contribution is -1.93. The predicted molar refractivity (Wildman–Crippen MR) is 72.6 cm³/mol. The summed E-state index contributed by atoms with van der Waals surface area (Å²) in [6.45, 7) is 1.96. The molecule has 0 amide bonds. The molecule has 0 unspecified atom stereocenters. The van der Waals surface area contributed by atoms with Crippen LogP contribution in [-0.4, -0.2) is 4.92 Å². The Morgan fingerprint density at radius 1 is 1.21 bits per heavy atom. The Morgan fingerprint density at radius 3 is 2.42 bits per heavy atom. The van der Waals surface area contributed by atoms with Crippen LogP contribution in [0.5, 0.6) is 0 Å². The van der Waals surface area contributed by atoms with Gasteiger partial charge in [-0.2, -0.15) is 5.26 Å². The van der Waals surface area contributed by atoms with Gasteiger partial charge in [0.05, 0.1) is 16.6 Å². The molecule has 0 heterocycles. The van der Waals surface area contributed by atoms with Crippen molar-refractivity contribution in [2.75, 3.05) is 0 Å². The molecule has 0 aliphatic heterocycles. The average molecular weight is 252 g/mol. The lowest BCUT2D eigenvalue weighted by Gasteiger charge is -2.08. The number of nitro groups is 1. The zero-order valence-corrected chi connectivity index (χ0v) is 10.5. The van der Waals surface area contributed by atoms with Gasteiger partial charge in [-0.1, -0.05) is 19.1 Å². The van der Waals surface area contributed by atoms with Gasteiger partial charge in [0.15, 0.2) is 0 Å². The monoisotopic (exact) mass is 252 g/mol.